The zero-order valence-electron chi connectivity index (χ0n) is 17.4. The molecule has 0 aliphatic rings. The van der Waals surface area contributed by atoms with Crippen LogP contribution in [0.3, 0.4) is 0 Å². The molecule has 0 spiro atoms. The fourth-order valence-electron chi connectivity index (χ4n) is 3.17. The van der Waals surface area contributed by atoms with Crippen molar-refractivity contribution in [2.45, 2.75) is 13.0 Å². The average Bonchev–Trinajstić information content (AvgIpc) is 3.23. The summed E-state index contributed by atoms with van der Waals surface area (Å²) < 4.78 is 25.9. The quantitative estimate of drug-likeness (QED) is 0.438. The maximum absolute atomic E-state index is 13.2. The van der Waals surface area contributed by atoms with Gasteiger partial charge in [-0.25, -0.2) is 9.37 Å². The van der Waals surface area contributed by atoms with Crippen LogP contribution < -0.4 is 14.8 Å². The number of imidazole rings is 1. The number of carbonyl (C=O) groups excluding carboxylic acids is 2. The van der Waals surface area contributed by atoms with Gasteiger partial charge in [0.25, 0.3) is 5.91 Å². The molecular weight excluding hydrogens is 413 g/mol. The van der Waals surface area contributed by atoms with Gasteiger partial charge in [-0.15, -0.1) is 0 Å². The van der Waals surface area contributed by atoms with Gasteiger partial charge in [0.15, 0.2) is 17.6 Å². The molecule has 1 N–H and O–H groups in total. The van der Waals surface area contributed by atoms with Crippen LogP contribution in [0.5, 0.6) is 11.5 Å². The Balaban J connectivity index is 1.48. The number of benzene rings is 2. The fourth-order valence-corrected chi connectivity index (χ4v) is 3.17. The molecule has 0 saturated carbocycles. The number of amides is 1. The molecule has 0 saturated heterocycles. The van der Waals surface area contributed by atoms with E-state index in [1.54, 1.807) is 66.2 Å². The monoisotopic (exact) mass is 433 g/mol. The summed E-state index contributed by atoms with van der Waals surface area (Å²) in [5.74, 6) is 0.0538. The van der Waals surface area contributed by atoms with Crippen molar-refractivity contribution in [2.75, 3.05) is 12.4 Å². The lowest BCUT2D eigenvalue weighted by atomic mass is 10.2. The lowest BCUT2D eigenvalue weighted by Crippen LogP contribution is -2.30. The van der Waals surface area contributed by atoms with E-state index < -0.39 is 6.10 Å². The molecule has 0 fully saturated rings. The summed E-state index contributed by atoms with van der Waals surface area (Å²) in [6.45, 7) is 1.62. The molecule has 1 amide bonds. The Bertz CT molecular complexity index is 1280. The highest BCUT2D eigenvalue weighted by Crippen LogP contribution is 2.29. The summed E-state index contributed by atoms with van der Waals surface area (Å²) in [4.78, 5) is 28.1. The molecule has 1 atom stereocenters. The zero-order chi connectivity index (χ0) is 22.7. The highest BCUT2D eigenvalue weighted by atomic mass is 19.1. The normalized spacial score (nSPS) is 11.7. The van der Waals surface area contributed by atoms with E-state index in [0.29, 0.717) is 40.4 Å². The van der Waals surface area contributed by atoms with Gasteiger partial charge in [-0.3, -0.25) is 9.59 Å². The van der Waals surface area contributed by atoms with Crippen molar-refractivity contribution in [2.24, 2.45) is 0 Å². The van der Waals surface area contributed by atoms with Crippen LogP contribution in [0.15, 0.2) is 67.0 Å². The molecule has 0 radical (unpaired) electrons. The smallest absolute Gasteiger partial charge is 0.265 e. The van der Waals surface area contributed by atoms with Crippen molar-refractivity contribution >= 4 is 23.5 Å². The number of aromatic nitrogens is 2. The van der Waals surface area contributed by atoms with Crippen LogP contribution in [-0.4, -0.2) is 34.8 Å². The summed E-state index contributed by atoms with van der Waals surface area (Å²) in [6.07, 6.45) is 3.42. The van der Waals surface area contributed by atoms with E-state index in [4.69, 9.17) is 9.47 Å². The second-order valence-electron chi connectivity index (χ2n) is 7.09. The van der Waals surface area contributed by atoms with E-state index in [9.17, 15) is 14.0 Å². The minimum Gasteiger partial charge on any atom is -0.493 e. The first kappa shape index (κ1) is 21.0. The molecule has 2 aromatic heterocycles. The Morgan fingerprint density at radius 3 is 2.59 bits per heavy atom. The van der Waals surface area contributed by atoms with E-state index in [1.165, 1.54) is 19.2 Å². The maximum Gasteiger partial charge on any atom is 0.265 e. The summed E-state index contributed by atoms with van der Waals surface area (Å²) in [5, 5.41) is 2.81. The number of nitrogens with one attached hydrogen (secondary N) is 1. The van der Waals surface area contributed by atoms with Crippen LogP contribution in [0.1, 0.15) is 17.3 Å². The molecule has 0 aliphatic heterocycles. The third-order valence-corrected chi connectivity index (χ3v) is 4.86. The van der Waals surface area contributed by atoms with E-state index in [1.807, 2.05) is 0 Å². The fraction of sp³-hybridized carbons (Fsp3) is 0.125. The lowest BCUT2D eigenvalue weighted by Gasteiger charge is -2.17. The van der Waals surface area contributed by atoms with Gasteiger partial charge in [0.2, 0.25) is 0 Å². The van der Waals surface area contributed by atoms with Gasteiger partial charge in [-0.2, -0.15) is 0 Å². The average molecular weight is 433 g/mol. The predicted molar refractivity (Wildman–Crippen MR) is 118 cm³/mol. The Kier molecular flexibility index (Phi) is 5.85. The number of hydrogen-bond donors (Lipinski definition) is 1. The summed E-state index contributed by atoms with van der Waals surface area (Å²) >= 11 is 0. The van der Waals surface area contributed by atoms with Gasteiger partial charge >= 0.3 is 0 Å². The van der Waals surface area contributed by atoms with Crippen LogP contribution >= 0.6 is 0 Å². The summed E-state index contributed by atoms with van der Waals surface area (Å²) in [7, 11) is 1.46. The van der Waals surface area contributed by atoms with Gasteiger partial charge in [-0.05, 0) is 61.5 Å². The van der Waals surface area contributed by atoms with Crippen molar-refractivity contribution < 1.29 is 23.5 Å². The van der Waals surface area contributed by atoms with Crippen LogP contribution in [0.2, 0.25) is 0 Å². The molecule has 0 bridgehead atoms. The molecule has 2 aromatic carbocycles. The maximum atomic E-state index is 13.2. The van der Waals surface area contributed by atoms with Crippen LogP contribution in [0, 0.1) is 5.82 Å². The number of rotatable bonds is 7. The number of ether oxygens (including phenoxy) is 2. The Morgan fingerprint density at radius 1 is 1.09 bits per heavy atom. The van der Waals surface area contributed by atoms with Crippen LogP contribution in [0.4, 0.5) is 10.1 Å². The number of aldehydes is 1. The zero-order valence-corrected chi connectivity index (χ0v) is 17.4. The predicted octanol–water partition coefficient (Wildman–Crippen LogP) is 4.37. The molecule has 1 unspecified atom stereocenters. The molecule has 2 heterocycles. The third kappa shape index (κ3) is 4.44. The Morgan fingerprint density at radius 2 is 1.88 bits per heavy atom. The number of anilines is 1. The van der Waals surface area contributed by atoms with E-state index in [0.717, 1.165) is 5.56 Å². The van der Waals surface area contributed by atoms with Crippen molar-refractivity contribution in [3.8, 4) is 22.8 Å². The first-order valence-electron chi connectivity index (χ1n) is 9.82. The highest BCUT2D eigenvalue weighted by molar-refractivity contribution is 5.94. The van der Waals surface area contributed by atoms with Gasteiger partial charge in [-0.1, -0.05) is 0 Å². The molecular formula is C24H20FN3O4. The minimum atomic E-state index is -0.820. The standard InChI is InChI=1S/C24H20FN3O4/c1-15(32-21-9-3-16(14-29)11-22(21)31-2)24(30)26-19-8-10-23-27-20(13-28(23)12-19)17-4-6-18(25)7-5-17/h3-15H,1-2H3,(H,26,30). The van der Waals surface area contributed by atoms with Gasteiger partial charge < -0.3 is 19.2 Å². The Hall–Kier alpha value is -4.20. The molecule has 162 valence electrons. The van der Waals surface area contributed by atoms with Crippen LogP contribution in [-0.2, 0) is 4.79 Å². The van der Waals surface area contributed by atoms with E-state index >= 15 is 0 Å². The Labute approximate surface area is 183 Å². The van der Waals surface area contributed by atoms with Gasteiger partial charge in [0, 0.05) is 23.5 Å². The third-order valence-electron chi connectivity index (χ3n) is 4.86. The molecule has 0 aliphatic carbocycles. The van der Waals surface area contributed by atoms with Crippen molar-refractivity contribution in [1.29, 1.82) is 0 Å². The van der Waals surface area contributed by atoms with Gasteiger partial charge in [0.05, 0.1) is 18.5 Å². The molecule has 8 heteroatoms. The molecule has 32 heavy (non-hydrogen) atoms. The molecule has 4 aromatic rings. The number of hydrogen-bond acceptors (Lipinski definition) is 5. The number of pyridine rings is 1. The van der Waals surface area contributed by atoms with Crippen molar-refractivity contribution in [3.05, 3.63) is 78.4 Å². The summed E-state index contributed by atoms with van der Waals surface area (Å²) in [5.41, 5.74) is 3.17. The number of fused-ring (bicyclic) bond motifs is 1. The second kappa shape index (κ2) is 8.89. The number of methoxy groups -OCH3 is 1. The number of carbonyl (C=O) groups is 2. The first-order valence-corrected chi connectivity index (χ1v) is 9.82. The first-order chi connectivity index (χ1) is 15.5. The number of halogens is 1. The molecule has 4 rings (SSSR count). The number of nitrogens with zero attached hydrogens (tertiary/aromatic N) is 2. The van der Waals surface area contributed by atoms with E-state index in [-0.39, 0.29) is 11.7 Å². The van der Waals surface area contributed by atoms with Crippen molar-refractivity contribution in [3.63, 3.8) is 0 Å². The van der Waals surface area contributed by atoms with E-state index in [2.05, 4.69) is 10.3 Å². The minimum absolute atomic E-state index is 0.309. The van der Waals surface area contributed by atoms with Gasteiger partial charge in [0.1, 0.15) is 17.8 Å². The lowest BCUT2D eigenvalue weighted by molar-refractivity contribution is -0.122. The largest absolute Gasteiger partial charge is 0.493 e. The topological polar surface area (TPSA) is 81.9 Å². The SMILES string of the molecule is COc1cc(C=O)ccc1OC(C)C(=O)Nc1ccc2nc(-c3ccc(F)cc3)cn2c1. The highest BCUT2D eigenvalue weighted by Gasteiger charge is 2.18. The molecule has 7 nitrogen and oxygen atoms in total. The van der Waals surface area contributed by atoms with Crippen molar-refractivity contribution in [1.82, 2.24) is 9.38 Å². The van der Waals surface area contributed by atoms with Crippen LogP contribution in [0.25, 0.3) is 16.9 Å². The summed E-state index contributed by atoms with van der Waals surface area (Å²) in [6, 6.07) is 14.3. The second-order valence-corrected chi connectivity index (χ2v) is 7.09.